The second kappa shape index (κ2) is 9.20. The molecule has 1 N–H and O–H groups in total. The van der Waals surface area contributed by atoms with E-state index >= 15 is 0 Å². The number of oxime groups is 1. The molecule has 0 radical (unpaired) electrons. The minimum absolute atomic E-state index is 0.150. The number of carbonyl (C=O) groups excluding carboxylic acids is 1. The number of hydrogen-bond acceptors (Lipinski definition) is 4. The quantitative estimate of drug-likeness (QED) is 0.498. The molecule has 0 aliphatic carbocycles. The van der Waals surface area contributed by atoms with E-state index in [0.29, 0.717) is 12.2 Å². The van der Waals surface area contributed by atoms with E-state index in [1.165, 1.54) is 0 Å². The lowest BCUT2D eigenvalue weighted by molar-refractivity contribution is 0.102. The number of para-hydroxylation sites is 2. The summed E-state index contributed by atoms with van der Waals surface area (Å²) in [6.45, 7) is 0.312. The molecule has 27 heavy (non-hydrogen) atoms. The highest BCUT2D eigenvalue weighted by Gasteiger charge is 2.06. The molecule has 0 heterocycles. The Morgan fingerprint density at radius 1 is 0.963 bits per heavy atom. The van der Waals surface area contributed by atoms with E-state index in [4.69, 9.17) is 9.57 Å². The largest absolute Gasteiger partial charge is 0.496 e. The number of methoxy groups -OCH3 is 1. The van der Waals surface area contributed by atoms with Gasteiger partial charge in [-0.15, -0.1) is 0 Å². The van der Waals surface area contributed by atoms with E-state index in [2.05, 4.69) is 10.5 Å². The van der Waals surface area contributed by atoms with Crippen molar-refractivity contribution in [2.45, 2.75) is 6.61 Å². The molecule has 5 heteroatoms. The first-order valence-electron chi connectivity index (χ1n) is 8.50. The third-order valence-electron chi connectivity index (χ3n) is 3.88. The van der Waals surface area contributed by atoms with Gasteiger partial charge < -0.3 is 14.9 Å². The lowest BCUT2D eigenvalue weighted by Gasteiger charge is -2.06. The van der Waals surface area contributed by atoms with Crippen molar-refractivity contribution in [1.29, 1.82) is 0 Å². The molecule has 0 aliphatic heterocycles. The van der Waals surface area contributed by atoms with Gasteiger partial charge in [0.2, 0.25) is 0 Å². The maximum Gasteiger partial charge on any atom is 0.255 e. The maximum atomic E-state index is 12.2. The van der Waals surface area contributed by atoms with Crippen LogP contribution in [-0.2, 0) is 11.4 Å². The Morgan fingerprint density at radius 2 is 1.67 bits per heavy atom. The fourth-order valence-corrected chi connectivity index (χ4v) is 2.46. The normalized spacial score (nSPS) is 10.6. The van der Waals surface area contributed by atoms with Crippen LogP contribution in [0.5, 0.6) is 5.75 Å². The summed E-state index contributed by atoms with van der Waals surface area (Å²) in [6.07, 6.45) is 1.61. The molecule has 0 fully saturated rings. The maximum absolute atomic E-state index is 12.2. The van der Waals surface area contributed by atoms with Crippen LogP contribution in [0.15, 0.2) is 84.0 Å². The van der Waals surface area contributed by atoms with Crippen molar-refractivity contribution in [2.24, 2.45) is 5.16 Å². The number of anilines is 1. The van der Waals surface area contributed by atoms with Crippen LogP contribution >= 0.6 is 0 Å². The highest BCUT2D eigenvalue weighted by Crippen LogP contribution is 2.15. The fourth-order valence-electron chi connectivity index (χ4n) is 2.46. The predicted molar refractivity (Wildman–Crippen MR) is 106 cm³/mol. The number of ether oxygens (including phenoxy) is 1. The van der Waals surface area contributed by atoms with Gasteiger partial charge in [0.25, 0.3) is 5.91 Å². The summed E-state index contributed by atoms with van der Waals surface area (Å²) in [7, 11) is 1.61. The van der Waals surface area contributed by atoms with Crippen molar-refractivity contribution >= 4 is 17.8 Å². The van der Waals surface area contributed by atoms with Crippen LogP contribution in [0.4, 0.5) is 5.69 Å². The molecule has 3 aromatic carbocycles. The van der Waals surface area contributed by atoms with Crippen molar-refractivity contribution in [1.82, 2.24) is 0 Å². The van der Waals surface area contributed by atoms with E-state index in [1.54, 1.807) is 25.5 Å². The van der Waals surface area contributed by atoms with Gasteiger partial charge in [0.05, 0.1) is 13.3 Å². The molecule has 0 aromatic heterocycles. The number of nitrogens with one attached hydrogen (secondary N) is 1. The van der Waals surface area contributed by atoms with Crippen LogP contribution in [0.25, 0.3) is 0 Å². The van der Waals surface area contributed by atoms with Gasteiger partial charge in [-0.05, 0) is 42.0 Å². The van der Waals surface area contributed by atoms with Gasteiger partial charge in [-0.25, -0.2) is 0 Å². The van der Waals surface area contributed by atoms with E-state index < -0.39 is 0 Å². The lowest BCUT2D eigenvalue weighted by atomic mass is 10.1. The molecule has 0 saturated heterocycles. The van der Waals surface area contributed by atoms with Gasteiger partial charge in [0.15, 0.2) is 0 Å². The monoisotopic (exact) mass is 360 g/mol. The third-order valence-corrected chi connectivity index (χ3v) is 3.88. The molecule has 0 spiro atoms. The lowest BCUT2D eigenvalue weighted by Crippen LogP contribution is -2.11. The second-order valence-electron chi connectivity index (χ2n) is 5.77. The van der Waals surface area contributed by atoms with Gasteiger partial charge in [0.1, 0.15) is 12.4 Å². The Hall–Kier alpha value is -3.60. The molecule has 1 amide bonds. The molecule has 136 valence electrons. The van der Waals surface area contributed by atoms with Crippen molar-refractivity contribution in [3.8, 4) is 5.75 Å². The molecular formula is C22H20N2O3. The highest BCUT2D eigenvalue weighted by atomic mass is 16.6. The van der Waals surface area contributed by atoms with Crippen molar-refractivity contribution in [2.75, 3.05) is 12.4 Å². The topological polar surface area (TPSA) is 59.9 Å². The zero-order valence-corrected chi connectivity index (χ0v) is 15.0. The number of nitrogens with zero attached hydrogens (tertiary/aromatic N) is 1. The number of amides is 1. The summed E-state index contributed by atoms with van der Waals surface area (Å²) in [5.41, 5.74) is 3.11. The van der Waals surface area contributed by atoms with Gasteiger partial charge >= 0.3 is 0 Å². The molecule has 3 aromatic rings. The first-order chi connectivity index (χ1) is 13.3. The van der Waals surface area contributed by atoms with Gasteiger partial charge in [0, 0.05) is 16.8 Å². The van der Waals surface area contributed by atoms with Crippen LogP contribution in [0.2, 0.25) is 0 Å². The van der Waals surface area contributed by atoms with Crippen molar-refractivity contribution < 1.29 is 14.4 Å². The standard InChI is InChI=1S/C22H20N2O3/c1-26-21-10-6-5-7-19(21)15-23-27-16-17-11-13-18(14-12-17)22(25)24-20-8-3-2-4-9-20/h2-15H,16H2,1H3,(H,24,25)/b23-15-. The average Bonchev–Trinajstić information content (AvgIpc) is 2.72. The highest BCUT2D eigenvalue weighted by molar-refractivity contribution is 6.04. The predicted octanol–water partition coefficient (Wildman–Crippen LogP) is 4.50. The van der Waals surface area contributed by atoms with Gasteiger partial charge in [-0.1, -0.05) is 47.6 Å². The van der Waals surface area contributed by atoms with E-state index in [9.17, 15) is 4.79 Å². The van der Waals surface area contributed by atoms with E-state index in [1.807, 2.05) is 66.7 Å². The smallest absolute Gasteiger partial charge is 0.255 e. The van der Waals surface area contributed by atoms with Crippen molar-refractivity contribution in [3.63, 3.8) is 0 Å². The average molecular weight is 360 g/mol. The van der Waals surface area contributed by atoms with E-state index in [0.717, 1.165) is 22.6 Å². The first kappa shape index (κ1) is 18.2. The molecule has 0 saturated carbocycles. The summed E-state index contributed by atoms with van der Waals surface area (Å²) in [5, 5.41) is 6.83. The van der Waals surface area contributed by atoms with Crippen LogP contribution in [0.1, 0.15) is 21.5 Å². The van der Waals surface area contributed by atoms with Crippen LogP contribution in [0.3, 0.4) is 0 Å². The first-order valence-corrected chi connectivity index (χ1v) is 8.50. The minimum Gasteiger partial charge on any atom is -0.496 e. The fraction of sp³-hybridized carbons (Fsp3) is 0.0909. The summed E-state index contributed by atoms with van der Waals surface area (Å²) in [5.74, 6) is 0.585. The summed E-state index contributed by atoms with van der Waals surface area (Å²) in [4.78, 5) is 17.6. The number of rotatable bonds is 7. The molecule has 0 bridgehead atoms. The Labute approximate surface area is 158 Å². The Kier molecular flexibility index (Phi) is 6.20. The number of hydrogen-bond donors (Lipinski definition) is 1. The number of benzene rings is 3. The third kappa shape index (κ3) is 5.19. The minimum atomic E-state index is -0.150. The molecule has 5 nitrogen and oxygen atoms in total. The molecule has 0 aliphatic rings. The Balaban J connectivity index is 1.53. The second-order valence-corrected chi connectivity index (χ2v) is 5.77. The van der Waals surface area contributed by atoms with E-state index in [-0.39, 0.29) is 5.91 Å². The summed E-state index contributed by atoms with van der Waals surface area (Å²) in [6, 6.07) is 24.1. The molecular weight excluding hydrogens is 340 g/mol. The van der Waals surface area contributed by atoms with Crippen LogP contribution in [-0.4, -0.2) is 19.2 Å². The molecule has 0 atom stereocenters. The zero-order chi connectivity index (χ0) is 18.9. The zero-order valence-electron chi connectivity index (χ0n) is 15.0. The van der Waals surface area contributed by atoms with Gasteiger partial charge in [-0.2, -0.15) is 0 Å². The summed E-state index contributed by atoms with van der Waals surface area (Å²) < 4.78 is 5.25. The Morgan fingerprint density at radius 3 is 2.41 bits per heavy atom. The molecule has 3 rings (SSSR count). The SMILES string of the molecule is COc1ccccc1/C=N\OCc1ccc(C(=O)Nc2ccccc2)cc1. The Bertz CT molecular complexity index is 906. The van der Waals surface area contributed by atoms with Crippen molar-refractivity contribution in [3.05, 3.63) is 95.6 Å². The van der Waals surface area contributed by atoms with Crippen LogP contribution < -0.4 is 10.1 Å². The van der Waals surface area contributed by atoms with Gasteiger partial charge in [-0.3, -0.25) is 4.79 Å². The molecule has 0 unspecified atom stereocenters. The summed E-state index contributed by atoms with van der Waals surface area (Å²) >= 11 is 0. The van der Waals surface area contributed by atoms with Crippen LogP contribution in [0, 0.1) is 0 Å². The number of carbonyl (C=O) groups is 1.